The number of aliphatic hydroxyl groups excluding tert-OH is 4. The number of aliphatic hydroxyl groups is 4. The first-order chi connectivity index (χ1) is 14.8. The molecule has 0 saturated heterocycles. The van der Waals surface area contributed by atoms with E-state index in [-0.39, 0.29) is 0 Å². The van der Waals surface area contributed by atoms with Crippen LogP contribution < -0.4 is 18.9 Å². The van der Waals surface area contributed by atoms with Crippen LogP contribution in [0.5, 0.6) is 23.0 Å². The summed E-state index contributed by atoms with van der Waals surface area (Å²) in [6, 6.07) is 9.80. The molecule has 0 saturated carbocycles. The molecule has 8 heteroatoms. The molecule has 0 aliphatic rings. The molecule has 0 aliphatic carbocycles. The summed E-state index contributed by atoms with van der Waals surface area (Å²) < 4.78 is 21.0. The topological polar surface area (TPSA) is 118 Å². The zero-order chi connectivity index (χ0) is 23.2. The fraction of sp³-hybridized carbons (Fsp3) is 0.478. The van der Waals surface area contributed by atoms with Crippen LogP contribution in [0.4, 0.5) is 0 Å². The van der Waals surface area contributed by atoms with Gasteiger partial charge in [-0.15, -0.1) is 0 Å². The van der Waals surface area contributed by atoms with E-state index in [2.05, 4.69) is 0 Å². The van der Waals surface area contributed by atoms with Crippen molar-refractivity contribution in [2.75, 3.05) is 41.7 Å². The van der Waals surface area contributed by atoms with E-state index in [4.69, 9.17) is 18.9 Å². The summed E-state index contributed by atoms with van der Waals surface area (Å²) in [5.41, 5.74) is -0.385. The van der Waals surface area contributed by atoms with Crippen molar-refractivity contribution in [3.8, 4) is 23.0 Å². The van der Waals surface area contributed by atoms with Gasteiger partial charge in [-0.25, -0.2) is 0 Å². The Morgan fingerprint density at radius 2 is 1.19 bits per heavy atom. The van der Waals surface area contributed by atoms with Gasteiger partial charge in [0, 0.05) is 17.9 Å². The largest absolute Gasteiger partial charge is 0.493 e. The van der Waals surface area contributed by atoms with Gasteiger partial charge in [0.15, 0.2) is 23.0 Å². The van der Waals surface area contributed by atoms with Crippen LogP contribution in [0.15, 0.2) is 36.4 Å². The molecule has 2 aromatic carbocycles. The minimum Gasteiger partial charge on any atom is -0.493 e. The summed E-state index contributed by atoms with van der Waals surface area (Å²) in [5, 5.41) is 42.7. The average molecular weight is 437 g/mol. The van der Waals surface area contributed by atoms with Crippen LogP contribution in [0.1, 0.15) is 30.3 Å². The standard InChI is InChI=1S/C23H32O8/c1-23(13-25,22(27)15-7-9-18(29-3)20(11-15)31-5)16(12-24)21(26)14-6-8-17(28-2)19(10-14)30-4/h6-11,16,21-22,24-27H,12-13H2,1-5H3/t16-,21+,22-,23+/m1/s1. The minimum atomic E-state index is -1.29. The van der Waals surface area contributed by atoms with Crippen molar-refractivity contribution in [1.29, 1.82) is 0 Å². The Hall–Kier alpha value is -2.52. The molecule has 4 atom stereocenters. The molecule has 0 spiro atoms. The molecule has 0 heterocycles. The number of ether oxygens (including phenoxy) is 4. The van der Waals surface area contributed by atoms with E-state index in [1.807, 2.05) is 0 Å². The first-order valence-corrected chi connectivity index (χ1v) is 9.82. The van der Waals surface area contributed by atoms with Gasteiger partial charge >= 0.3 is 0 Å². The third-order valence-corrected chi connectivity index (χ3v) is 5.86. The number of hydrogen-bond donors (Lipinski definition) is 4. The normalized spacial score (nSPS) is 16.0. The minimum absolute atomic E-state index is 0.417. The lowest BCUT2D eigenvalue weighted by Crippen LogP contribution is -2.42. The first-order valence-electron chi connectivity index (χ1n) is 9.82. The molecule has 8 nitrogen and oxygen atoms in total. The Balaban J connectivity index is 2.44. The zero-order valence-electron chi connectivity index (χ0n) is 18.5. The maximum absolute atomic E-state index is 11.2. The van der Waals surface area contributed by atoms with Gasteiger partial charge in [0.1, 0.15) is 0 Å². The van der Waals surface area contributed by atoms with Crippen LogP contribution in [0.2, 0.25) is 0 Å². The molecular formula is C23H32O8. The third-order valence-electron chi connectivity index (χ3n) is 5.86. The van der Waals surface area contributed by atoms with Crippen molar-refractivity contribution in [2.45, 2.75) is 19.1 Å². The van der Waals surface area contributed by atoms with Crippen molar-refractivity contribution < 1.29 is 39.4 Å². The summed E-state index contributed by atoms with van der Waals surface area (Å²) in [5.74, 6) is 0.920. The molecule has 0 fully saturated rings. The van der Waals surface area contributed by atoms with Crippen LogP contribution in [0.25, 0.3) is 0 Å². The second kappa shape index (κ2) is 10.7. The van der Waals surface area contributed by atoms with Gasteiger partial charge in [-0.05, 0) is 35.4 Å². The number of benzene rings is 2. The van der Waals surface area contributed by atoms with E-state index >= 15 is 0 Å². The van der Waals surface area contributed by atoms with Gasteiger partial charge in [-0.1, -0.05) is 19.1 Å². The molecule has 172 valence electrons. The molecule has 0 unspecified atom stereocenters. The maximum Gasteiger partial charge on any atom is 0.161 e. The molecule has 0 amide bonds. The summed E-state index contributed by atoms with van der Waals surface area (Å²) >= 11 is 0. The van der Waals surface area contributed by atoms with Crippen molar-refractivity contribution in [2.24, 2.45) is 11.3 Å². The molecule has 0 bridgehead atoms. The van der Waals surface area contributed by atoms with Gasteiger partial charge in [-0.2, -0.15) is 0 Å². The SMILES string of the molecule is COc1ccc([C@@H](O)[C@@](C)(CO)[C@H](CO)[C@@H](O)c2ccc(OC)c(OC)c2)cc1OC. The highest BCUT2D eigenvalue weighted by Crippen LogP contribution is 2.47. The molecule has 0 aliphatic heterocycles. The Morgan fingerprint density at radius 3 is 1.61 bits per heavy atom. The van der Waals surface area contributed by atoms with E-state index in [1.54, 1.807) is 43.3 Å². The van der Waals surface area contributed by atoms with Crippen LogP contribution in [-0.4, -0.2) is 62.1 Å². The van der Waals surface area contributed by atoms with Gasteiger partial charge in [0.2, 0.25) is 0 Å². The predicted octanol–water partition coefficient (Wildman–Crippen LogP) is 2.10. The quantitative estimate of drug-likeness (QED) is 0.423. The predicted molar refractivity (Wildman–Crippen MR) is 115 cm³/mol. The number of methoxy groups -OCH3 is 4. The number of hydrogen-bond acceptors (Lipinski definition) is 8. The highest BCUT2D eigenvalue weighted by Gasteiger charge is 2.45. The van der Waals surface area contributed by atoms with E-state index in [1.165, 1.54) is 28.4 Å². The van der Waals surface area contributed by atoms with Crippen molar-refractivity contribution in [3.63, 3.8) is 0 Å². The third kappa shape index (κ3) is 4.88. The summed E-state index contributed by atoms with van der Waals surface area (Å²) in [6.45, 7) is 0.647. The van der Waals surface area contributed by atoms with Crippen molar-refractivity contribution in [1.82, 2.24) is 0 Å². The van der Waals surface area contributed by atoms with Gasteiger partial charge in [0.05, 0.1) is 47.3 Å². The summed E-state index contributed by atoms with van der Waals surface area (Å²) in [4.78, 5) is 0. The van der Waals surface area contributed by atoms with Gasteiger partial charge < -0.3 is 39.4 Å². The zero-order valence-corrected chi connectivity index (χ0v) is 18.5. The smallest absolute Gasteiger partial charge is 0.161 e. The Bertz CT molecular complexity index is 855. The summed E-state index contributed by atoms with van der Waals surface area (Å²) in [7, 11) is 5.98. The Morgan fingerprint density at radius 1 is 0.742 bits per heavy atom. The number of rotatable bonds is 11. The molecule has 31 heavy (non-hydrogen) atoms. The van der Waals surface area contributed by atoms with E-state index < -0.39 is 36.8 Å². The maximum atomic E-state index is 11.2. The Labute approximate surface area is 182 Å². The van der Waals surface area contributed by atoms with Crippen molar-refractivity contribution in [3.05, 3.63) is 47.5 Å². The Kier molecular flexibility index (Phi) is 8.52. The first kappa shape index (κ1) is 24.7. The fourth-order valence-electron chi connectivity index (χ4n) is 3.75. The van der Waals surface area contributed by atoms with Crippen LogP contribution in [0.3, 0.4) is 0 Å². The summed E-state index contributed by atoms with van der Waals surface area (Å²) in [6.07, 6.45) is -2.42. The molecular weight excluding hydrogens is 404 g/mol. The van der Waals surface area contributed by atoms with Crippen LogP contribution >= 0.6 is 0 Å². The second-order valence-corrected chi connectivity index (χ2v) is 7.53. The molecule has 2 aromatic rings. The highest BCUT2D eigenvalue weighted by atomic mass is 16.5. The lowest BCUT2D eigenvalue weighted by molar-refractivity contribution is -0.105. The highest BCUT2D eigenvalue weighted by molar-refractivity contribution is 5.45. The molecule has 4 N–H and O–H groups in total. The lowest BCUT2D eigenvalue weighted by atomic mass is 9.68. The van der Waals surface area contributed by atoms with Crippen molar-refractivity contribution >= 4 is 0 Å². The molecule has 2 rings (SSSR count). The lowest BCUT2D eigenvalue weighted by Gasteiger charge is -2.42. The van der Waals surface area contributed by atoms with E-state index in [0.29, 0.717) is 34.1 Å². The van der Waals surface area contributed by atoms with E-state index in [9.17, 15) is 20.4 Å². The second-order valence-electron chi connectivity index (χ2n) is 7.53. The van der Waals surface area contributed by atoms with Crippen LogP contribution in [0, 0.1) is 11.3 Å². The van der Waals surface area contributed by atoms with E-state index in [0.717, 1.165) is 0 Å². The van der Waals surface area contributed by atoms with Crippen LogP contribution in [-0.2, 0) is 0 Å². The average Bonchev–Trinajstić information content (AvgIpc) is 2.82. The monoisotopic (exact) mass is 436 g/mol. The van der Waals surface area contributed by atoms with Gasteiger partial charge in [-0.3, -0.25) is 0 Å². The molecule has 0 aromatic heterocycles. The van der Waals surface area contributed by atoms with Gasteiger partial charge in [0.25, 0.3) is 0 Å². The fourth-order valence-corrected chi connectivity index (χ4v) is 3.75. The molecule has 0 radical (unpaired) electrons.